The smallest absolute Gasteiger partial charge is 0.413 e. The number of rotatable bonds is 6. The molecule has 5 nitrogen and oxygen atoms in total. The highest BCUT2D eigenvalue weighted by Crippen LogP contribution is 2.32. The molecule has 0 saturated carbocycles. The Hall–Kier alpha value is -2.13. The lowest BCUT2D eigenvalue weighted by molar-refractivity contribution is -0.139. The molecule has 0 fully saturated rings. The average Bonchev–Trinajstić information content (AvgIpc) is 2.45. The molecule has 1 aromatic carbocycles. The van der Waals surface area contributed by atoms with E-state index in [0.717, 1.165) is 12.0 Å². The van der Waals surface area contributed by atoms with Crippen molar-refractivity contribution in [3.05, 3.63) is 34.9 Å². The Morgan fingerprint density at radius 3 is 2.04 bits per heavy atom. The highest BCUT2D eigenvalue weighted by Gasteiger charge is 2.20. The van der Waals surface area contributed by atoms with Gasteiger partial charge in [0.25, 0.3) is 0 Å². The van der Waals surface area contributed by atoms with E-state index in [9.17, 15) is 4.79 Å². The highest BCUT2D eigenvalue weighted by molar-refractivity contribution is 6.20. The Bertz CT molecular complexity index is 586. The van der Waals surface area contributed by atoms with Gasteiger partial charge in [0.2, 0.25) is 0 Å². The summed E-state index contributed by atoms with van der Waals surface area (Å²) >= 11 is 0. The molecule has 0 aromatic heterocycles. The number of nitrogens with zero attached hydrogens (tertiary/aromatic N) is 2. The van der Waals surface area contributed by atoms with Crippen LogP contribution in [-0.2, 0) is 20.4 Å². The van der Waals surface area contributed by atoms with Gasteiger partial charge >= 0.3 is 12.2 Å². The van der Waals surface area contributed by atoms with Crippen LogP contribution < -0.4 is 4.74 Å². The van der Waals surface area contributed by atoms with Crippen molar-refractivity contribution in [3.8, 4) is 5.75 Å². The third kappa shape index (κ3) is 6.55. The normalized spacial score (nSPS) is 11.6. The SMILES string of the molecule is CC(C)(C)c1cc(OCCCOC(=O)C=[N+]=[N-])cc(C(C)(C)C)c1. The van der Waals surface area contributed by atoms with Crippen LogP contribution in [0.15, 0.2) is 18.2 Å². The summed E-state index contributed by atoms with van der Waals surface area (Å²) in [6, 6.07) is 6.38. The van der Waals surface area contributed by atoms with Gasteiger partial charge in [-0.15, -0.1) is 0 Å². The standard InChI is InChI=1S/C19H28N2O3/c1-18(2,3)14-10-15(19(4,5)6)12-16(11-14)23-8-7-9-24-17(22)13-21-20/h10-13H,7-9H2,1-6H3. The van der Waals surface area contributed by atoms with Gasteiger partial charge in [0.05, 0.1) is 13.2 Å². The molecular formula is C19H28N2O3. The van der Waals surface area contributed by atoms with Crippen molar-refractivity contribution >= 4 is 12.2 Å². The minimum absolute atomic E-state index is 0.0402. The first-order valence-electron chi connectivity index (χ1n) is 8.17. The van der Waals surface area contributed by atoms with E-state index in [1.165, 1.54) is 11.1 Å². The number of carbonyl (C=O) groups excluding carboxylic acids is 1. The Morgan fingerprint density at radius 2 is 1.58 bits per heavy atom. The monoisotopic (exact) mass is 332 g/mol. The van der Waals surface area contributed by atoms with Gasteiger partial charge in [-0.1, -0.05) is 47.6 Å². The first kappa shape index (κ1) is 19.9. The van der Waals surface area contributed by atoms with Gasteiger partial charge in [-0.2, -0.15) is 4.79 Å². The Kier molecular flexibility index (Phi) is 6.73. The maximum Gasteiger partial charge on any atom is 0.413 e. The summed E-state index contributed by atoms with van der Waals surface area (Å²) in [5, 5.41) is 0. The summed E-state index contributed by atoms with van der Waals surface area (Å²) < 4.78 is 10.7. The van der Waals surface area contributed by atoms with Gasteiger partial charge in [0.15, 0.2) is 0 Å². The van der Waals surface area contributed by atoms with Crippen molar-refractivity contribution in [2.45, 2.75) is 58.8 Å². The first-order chi connectivity index (χ1) is 11.0. The lowest BCUT2D eigenvalue weighted by Crippen LogP contribution is -2.17. The zero-order valence-electron chi connectivity index (χ0n) is 15.5. The van der Waals surface area contributed by atoms with Crippen LogP contribution in [0.3, 0.4) is 0 Å². The lowest BCUT2D eigenvalue weighted by atomic mass is 9.80. The molecule has 1 rings (SSSR count). The second-order valence-corrected chi connectivity index (χ2v) is 7.86. The van der Waals surface area contributed by atoms with Crippen molar-refractivity contribution in [3.63, 3.8) is 0 Å². The summed E-state index contributed by atoms with van der Waals surface area (Å²) in [4.78, 5) is 13.6. The van der Waals surface area contributed by atoms with Gasteiger partial charge in [0, 0.05) is 6.42 Å². The van der Waals surface area contributed by atoms with Gasteiger partial charge in [-0.05, 0) is 34.1 Å². The molecule has 0 spiro atoms. The summed E-state index contributed by atoms with van der Waals surface area (Å²) in [6.45, 7) is 13.8. The highest BCUT2D eigenvalue weighted by atomic mass is 16.5. The first-order valence-corrected chi connectivity index (χ1v) is 8.17. The molecule has 0 bridgehead atoms. The molecule has 0 radical (unpaired) electrons. The van der Waals surface area contributed by atoms with Crippen molar-refractivity contribution in [2.75, 3.05) is 13.2 Å². The summed E-state index contributed by atoms with van der Waals surface area (Å²) in [6.07, 6.45) is 1.29. The van der Waals surface area contributed by atoms with Gasteiger partial charge in [-0.3, -0.25) is 0 Å². The van der Waals surface area contributed by atoms with E-state index in [2.05, 4.69) is 64.5 Å². The van der Waals surface area contributed by atoms with Crippen molar-refractivity contribution in [1.29, 1.82) is 0 Å². The Labute approximate surface area is 144 Å². The third-order valence-corrected chi connectivity index (χ3v) is 3.60. The molecule has 132 valence electrons. The summed E-state index contributed by atoms with van der Waals surface area (Å²) in [5.41, 5.74) is 10.8. The minimum Gasteiger partial charge on any atom is -0.493 e. The summed E-state index contributed by atoms with van der Waals surface area (Å²) in [7, 11) is 0. The molecule has 0 aliphatic rings. The van der Waals surface area contributed by atoms with E-state index in [1.54, 1.807) is 0 Å². The molecule has 0 aliphatic heterocycles. The molecule has 0 aliphatic carbocycles. The van der Waals surface area contributed by atoms with Crippen LogP contribution in [0, 0.1) is 0 Å². The minimum atomic E-state index is -0.665. The third-order valence-electron chi connectivity index (χ3n) is 3.60. The molecule has 0 heterocycles. The number of hydrogen-bond acceptors (Lipinski definition) is 3. The zero-order valence-corrected chi connectivity index (χ0v) is 15.5. The number of hydrogen-bond donors (Lipinski definition) is 0. The second kappa shape index (κ2) is 8.11. The topological polar surface area (TPSA) is 71.9 Å². The average molecular weight is 332 g/mol. The van der Waals surface area contributed by atoms with E-state index < -0.39 is 5.97 Å². The maximum atomic E-state index is 11.0. The molecule has 1 aromatic rings. The van der Waals surface area contributed by atoms with E-state index in [-0.39, 0.29) is 17.4 Å². The molecule has 0 saturated heterocycles. The Balaban J connectivity index is 2.73. The van der Waals surface area contributed by atoms with Crippen molar-refractivity contribution < 1.29 is 19.1 Å². The van der Waals surface area contributed by atoms with Gasteiger partial charge < -0.3 is 15.0 Å². The molecule has 0 atom stereocenters. The van der Waals surface area contributed by atoms with Gasteiger partial charge in [-0.25, -0.2) is 4.79 Å². The van der Waals surface area contributed by atoms with Crippen LogP contribution in [-0.4, -0.2) is 30.2 Å². The van der Waals surface area contributed by atoms with Crippen LogP contribution >= 0.6 is 0 Å². The van der Waals surface area contributed by atoms with Crippen molar-refractivity contribution in [2.24, 2.45) is 0 Å². The summed E-state index contributed by atoms with van der Waals surface area (Å²) in [5.74, 6) is 0.165. The van der Waals surface area contributed by atoms with Gasteiger partial charge in [0.1, 0.15) is 5.75 Å². The molecule has 5 heteroatoms. The van der Waals surface area contributed by atoms with Crippen LogP contribution in [0.2, 0.25) is 0 Å². The number of benzene rings is 1. The fourth-order valence-corrected chi connectivity index (χ4v) is 2.05. The van der Waals surface area contributed by atoms with Crippen LogP contribution in [0.4, 0.5) is 0 Å². The number of carbonyl (C=O) groups is 1. The number of esters is 1. The Morgan fingerprint density at radius 1 is 1.04 bits per heavy atom. The molecule has 0 N–H and O–H groups in total. The van der Waals surface area contributed by atoms with Crippen LogP contribution in [0.5, 0.6) is 5.75 Å². The van der Waals surface area contributed by atoms with E-state index in [4.69, 9.17) is 15.0 Å². The fourth-order valence-electron chi connectivity index (χ4n) is 2.05. The van der Waals surface area contributed by atoms with Crippen molar-refractivity contribution in [1.82, 2.24) is 0 Å². The molecule has 0 unspecified atom stereocenters. The molecular weight excluding hydrogens is 304 g/mol. The van der Waals surface area contributed by atoms with E-state index >= 15 is 0 Å². The lowest BCUT2D eigenvalue weighted by Gasteiger charge is -2.26. The number of ether oxygens (including phenoxy) is 2. The van der Waals surface area contributed by atoms with Crippen LogP contribution in [0.1, 0.15) is 59.1 Å². The van der Waals surface area contributed by atoms with E-state index in [0.29, 0.717) is 13.0 Å². The largest absolute Gasteiger partial charge is 0.493 e. The second-order valence-electron chi connectivity index (χ2n) is 7.86. The predicted molar refractivity (Wildman–Crippen MR) is 94.6 cm³/mol. The quantitative estimate of drug-likeness (QED) is 0.261. The zero-order chi connectivity index (χ0) is 18.4. The fraction of sp³-hybridized carbons (Fsp3) is 0.579. The maximum absolute atomic E-state index is 11.0. The van der Waals surface area contributed by atoms with Crippen LogP contribution in [0.25, 0.3) is 5.53 Å². The molecule has 24 heavy (non-hydrogen) atoms. The van der Waals surface area contributed by atoms with E-state index in [1.807, 2.05) is 0 Å². The molecule has 0 amide bonds. The predicted octanol–water partition coefficient (Wildman–Crippen LogP) is 3.89.